The van der Waals surface area contributed by atoms with Gasteiger partial charge in [-0.1, -0.05) is 17.7 Å². The zero-order chi connectivity index (χ0) is 20.4. The van der Waals surface area contributed by atoms with Crippen molar-refractivity contribution < 1.29 is 8.42 Å². The van der Waals surface area contributed by atoms with Crippen molar-refractivity contribution >= 4 is 10.0 Å². The van der Waals surface area contributed by atoms with Crippen LogP contribution in [-0.4, -0.2) is 34.2 Å². The molecule has 2 heterocycles. The van der Waals surface area contributed by atoms with E-state index in [-0.39, 0.29) is 12.1 Å². The number of aryl methyl sites for hydroxylation is 2. The maximum atomic E-state index is 12.8. The first-order valence-corrected chi connectivity index (χ1v) is 11.3. The summed E-state index contributed by atoms with van der Waals surface area (Å²) in [5.74, 6) is 0. The van der Waals surface area contributed by atoms with Crippen LogP contribution in [0.3, 0.4) is 0 Å². The molecule has 4 rings (SSSR count). The van der Waals surface area contributed by atoms with Crippen LogP contribution in [0.2, 0.25) is 0 Å². The Bertz CT molecular complexity index is 1090. The van der Waals surface area contributed by atoms with Gasteiger partial charge in [0.25, 0.3) is 0 Å². The van der Waals surface area contributed by atoms with Crippen LogP contribution in [0.1, 0.15) is 42.9 Å². The van der Waals surface area contributed by atoms with Crippen LogP contribution in [0.15, 0.2) is 54.1 Å². The Hall–Kier alpha value is -2.58. The molecule has 1 saturated carbocycles. The largest absolute Gasteiger partial charge is 0.269 e. The zero-order valence-electron chi connectivity index (χ0n) is 16.6. The Morgan fingerprint density at radius 2 is 1.86 bits per heavy atom. The van der Waals surface area contributed by atoms with Crippen molar-refractivity contribution in [3.05, 3.63) is 60.3 Å². The first-order chi connectivity index (χ1) is 13.9. The Morgan fingerprint density at radius 3 is 2.55 bits per heavy atom. The SMILES string of the molecule is Cc1ccc(S(=O)(=O)NC2CCC(n3cc(-c4cnccn4)cn3)CC2)c(C)c1. The lowest BCUT2D eigenvalue weighted by atomic mass is 9.92. The Balaban J connectivity index is 1.39. The van der Waals surface area contributed by atoms with E-state index in [9.17, 15) is 8.42 Å². The van der Waals surface area contributed by atoms with Crippen LogP contribution in [0, 0.1) is 13.8 Å². The molecule has 2 aromatic heterocycles. The minimum atomic E-state index is -3.51. The third kappa shape index (κ3) is 4.38. The van der Waals surface area contributed by atoms with Gasteiger partial charge in [0.05, 0.1) is 29.0 Å². The number of rotatable bonds is 5. The van der Waals surface area contributed by atoms with E-state index in [0.29, 0.717) is 4.90 Å². The number of nitrogens with one attached hydrogen (secondary N) is 1. The summed E-state index contributed by atoms with van der Waals surface area (Å²) in [7, 11) is -3.51. The third-order valence-corrected chi connectivity index (χ3v) is 7.15. The number of hydrogen-bond acceptors (Lipinski definition) is 5. The van der Waals surface area contributed by atoms with Crippen LogP contribution in [-0.2, 0) is 10.0 Å². The van der Waals surface area contributed by atoms with Gasteiger partial charge in [0.1, 0.15) is 0 Å². The predicted molar refractivity (Wildman–Crippen MR) is 111 cm³/mol. The molecule has 0 bridgehead atoms. The summed E-state index contributed by atoms with van der Waals surface area (Å²) in [5.41, 5.74) is 3.57. The van der Waals surface area contributed by atoms with Gasteiger partial charge in [-0.2, -0.15) is 5.10 Å². The molecule has 0 amide bonds. The van der Waals surface area contributed by atoms with Gasteiger partial charge in [0, 0.05) is 30.2 Å². The monoisotopic (exact) mass is 411 g/mol. The van der Waals surface area contributed by atoms with Gasteiger partial charge in [-0.05, 0) is 51.2 Å². The van der Waals surface area contributed by atoms with Crippen molar-refractivity contribution in [2.24, 2.45) is 0 Å². The van der Waals surface area contributed by atoms with E-state index < -0.39 is 10.0 Å². The van der Waals surface area contributed by atoms with E-state index in [0.717, 1.165) is 48.1 Å². The molecule has 152 valence electrons. The van der Waals surface area contributed by atoms with Crippen molar-refractivity contribution in [2.75, 3.05) is 0 Å². The average Bonchev–Trinajstić information content (AvgIpc) is 3.19. The molecule has 1 fully saturated rings. The lowest BCUT2D eigenvalue weighted by Gasteiger charge is -2.29. The third-order valence-electron chi connectivity index (χ3n) is 5.47. The summed E-state index contributed by atoms with van der Waals surface area (Å²) in [6.45, 7) is 3.80. The average molecular weight is 412 g/mol. The fourth-order valence-electron chi connectivity index (χ4n) is 3.96. The lowest BCUT2D eigenvalue weighted by molar-refractivity contribution is 0.294. The maximum Gasteiger partial charge on any atom is 0.241 e. The van der Waals surface area contributed by atoms with Gasteiger partial charge in [0.2, 0.25) is 10.0 Å². The molecule has 0 spiro atoms. The molecule has 8 heteroatoms. The standard InChI is InChI=1S/C21H25N5O2S/c1-15-3-8-21(16(2)11-15)29(27,28)25-18-4-6-19(7-5-18)26-14-17(12-24-26)20-13-22-9-10-23-20/h3,8-14,18-19,25H,4-7H2,1-2H3. The molecular formula is C21H25N5O2S. The summed E-state index contributed by atoms with van der Waals surface area (Å²) in [5, 5.41) is 4.49. The first kappa shape index (κ1) is 19.7. The van der Waals surface area contributed by atoms with Crippen molar-refractivity contribution in [2.45, 2.75) is 56.5 Å². The van der Waals surface area contributed by atoms with E-state index in [4.69, 9.17) is 0 Å². The van der Waals surface area contributed by atoms with E-state index in [1.807, 2.05) is 36.9 Å². The number of sulfonamides is 1. The van der Waals surface area contributed by atoms with Crippen LogP contribution in [0.5, 0.6) is 0 Å². The molecule has 3 aromatic rings. The van der Waals surface area contributed by atoms with Gasteiger partial charge in [-0.3, -0.25) is 14.6 Å². The number of aromatic nitrogens is 4. The van der Waals surface area contributed by atoms with E-state index in [1.54, 1.807) is 30.9 Å². The number of benzene rings is 1. The van der Waals surface area contributed by atoms with E-state index in [2.05, 4.69) is 19.8 Å². The molecular weight excluding hydrogens is 386 g/mol. The Morgan fingerprint density at radius 1 is 1.07 bits per heavy atom. The highest BCUT2D eigenvalue weighted by atomic mass is 32.2. The highest BCUT2D eigenvalue weighted by molar-refractivity contribution is 7.89. The second-order valence-corrected chi connectivity index (χ2v) is 9.38. The van der Waals surface area contributed by atoms with Crippen LogP contribution in [0.25, 0.3) is 11.3 Å². The summed E-state index contributed by atoms with van der Waals surface area (Å²) in [6.07, 6.45) is 12.2. The van der Waals surface area contributed by atoms with E-state index in [1.165, 1.54) is 0 Å². The quantitative estimate of drug-likeness (QED) is 0.695. The lowest BCUT2D eigenvalue weighted by Crippen LogP contribution is -2.38. The van der Waals surface area contributed by atoms with Crippen molar-refractivity contribution in [1.82, 2.24) is 24.5 Å². The normalized spacial score (nSPS) is 19.9. The van der Waals surface area contributed by atoms with Gasteiger partial charge in [-0.15, -0.1) is 0 Å². The molecule has 1 N–H and O–H groups in total. The Labute approximate surface area is 171 Å². The fourth-order valence-corrected chi connectivity index (χ4v) is 5.49. The minimum Gasteiger partial charge on any atom is -0.269 e. The fraction of sp³-hybridized carbons (Fsp3) is 0.381. The van der Waals surface area contributed by atoms with Crippen molar-refractivity contribution in [3.63, 3.8) is 0 Å². The van der Waals surface area contributed by atoms with Crippen LogP contribution >= 0.6 is 0 Å². The number of nitrogens with zero attached hydrogens (tertiary/aromatic N) is 4. The highest BCUT2D eigenvalue weighted by Crippen LogP contribution is 2.30. The van der Waals surface area contributed by atoms with Crippen molar-refractivity contribution in [1.29, 1.82) is 0 Å². The molecule has 0 aliphatic heterocycles. The minimum absolute atomic E-state index is 0.0491. The molecule has 0 saturated heterocycles. The second kappa shape index (κ2) is 8.04. The predicted octanol–water partition coefficient (Wildman–Crippen LogP) is 3.42. The molecule has 0 unspecified atom stereocenters. The van der Waals surface area contributed by atoms with E-state index >= 15 is 0 Å². The van der Waals surface area contributed by atoms with Crippen molar-refractivity contribution in [3.8, 4) is 11.3 Å². The van der Waals surface area contributed by atoms with Gasteiger partial charge >= 0.3 is 0 Å². The zero-order valence-corrected chi connectivity index (χ0v) is 17.4. The maximum absolute atomic E-state index is 12.8. The van der Waals surface area contributed by atoms with Gasteiger partial charge < -0.3 is 0 Å². The molecule has 1 aliphatic carbocycles. The van der Waals surface area contributed by atoms with Gasteiger partial charge in [0.15, 0.2) is 0 Å². The molecule has 29 heavy (non-hydrogen) atoms. The summed E-state index contributed by atoms with van der Waals surface area (Å²) in [4.78, 5) is 8.77. The summed E-state index contributed by atoms with van der Waals surface area (Å²) < 4.78 is 30.5. The first-order valence-electron chi connectivity index (χ1n) is 9.82. The second-order valence-electron chi connectivity index (χ2n) is 7.70. The topological polar surface area (TPSA) is 89.8 Å². The van der Waals surface area contributed by atoms with Crippen LogP contribution in [0.4, 0.5) is 0 Å². The molecule has 0 radical (unpaired) electrons. The smallest absolute Gasteiger partial charge is 0.241 e. The molecule has 1 aliphatic rings. The summed E-state index contributed by atoms with van der Waals surface area (Å²) in [6, 6.07) is 5.65. The number of hydrogen-bond donors (Lipinski definition) is 1. The Kier molecular flexibility index (Phi) is 5.47. The molecule has 0 atom stereocenters. The van der Waals surface area contributed by atoms with Crippen LogP contribution < -0.4 is 4.72 Å². The molecule has 7 nitrogen and oxygen atoms in total. The van der Waals surface area contributed by atoms with Gasteiger partial charge in [-0.25, -0.2) is 13.1 Å². The molecule has 1 aromatic carbocycles. The highest BCUT2D eigenvalue weighted by Gasteiger charge is 2.27. The summed E-state index contributed by atoms with van der Waals surface area (Å²) >= 11 is 0.